The van der Waals surface area contributed by atoms with Gasteiger partial charge in [-0.25, -0.2) is 13.1 Å². The summed E-state index contributed by atoms with van der Waals surface area (Å²) >= 11 is 1.07. The molecule has 0 saturated heterocycles. The van der Waals surface area contributed by atoms with Crippen LogP contribution in [0, 0.1) is 20.8 Å². The predicted octanol–water partition coefficient (Wildman–Crippen LogP) is 4.61. The average Bonchev–Trinajstić information content (AvgIpc) is 2.92. The maximum Gasteiger partial charge on any atom is 0.308 e. The summed E-state index contributed by atoms with van der Waals surface area (Å²) in [6, 6.07) is 8.64. The highest BCUT2D eigenvalue weighted by Gasteiger charge is 2.21. The minimum absolute atomic E-state index is 0.0228. The first-order valence-corrected chi connectivity index (χ1v) is 11.6. The van der Waals surface area contributed by atoms with Crippen molar-refractivity contribution >= 4 is 31.6 Å². The maximum absolute atomic E-state index is 13.0. The van der Waals surface area contributed by atoms with E-state index in [0.29, 0.717) is 4.70 Å². The van der Waals surface area contributed by atoms with E-state index in [1.165, 1.54) is 5.56 Å². The zero-order valence-electron chi connectivity index (χ0n) is 17.0. The molecule has 0 saturated carbocycles. The third-order valence-electron chi connectivity index (χ3n) is 5.09. The molecule has 1 atom stereocenters. The summed E-state index contributed by atoms with van der Waals surface area (Å²) in [6.07, 6.45) is 0. The largest absolute Gasteiger partial charge is 0.308 e. The van der Waals surface area contributed by atoms with Crippen molar-refractivity contribution in [2.45, 2.75) is 58.5 Å². The summed E-state index contributed by atoms with van der Waals surface area (Å²) in [6.45, 7) is 11.8. The van der Waals surface area contributed by atoms with Crippen molar-refractivity contribution in [3.05, 3.63) is 62.3 Å². The van der Waals surface area contributed by atoms with E-state index in [9.17, 15) is 13.2 Å². The summed E-state index contributed by atoms with van der Waals surface area (Å²) in [7, 11) is -3.72. The van der Waals surface area contributed by atoms with Gasteiger partial charge in [0.15, 0.2) is 0 Å². The third kappa shape index (κ3) is 3.79. The first-order chi connectivity index (χ1) is 13.0. The summed E-state index contributed by atoms with van der Waals surface area (Å²) in [5.41, 5.74) is 5.10. The molecule has 3 aromatic rings. The van der Waals surface area contributed by atoms with Gasteiger partial charge in [-0.3, -0.25) is 9.36 Å². The van der Waals surface area contributed by atoms with Gasteiger partial charge in [0.1, 0.15) is 0 Å². The number of benzene rings is 2. The number of nitrogens with one attached hydrogen (secondary N) is 1. The Morgan fingerprint density at radius 2 is 1.61 bits per heavy atom. The fourth-order valence-corrected chi connectivity index (χ4v) is 5.86. The smallest absolute Gasteiger partial charge is 0.296 e. The van der Waals surface area contributed by atoms with Crippen LogP contribution in [0.25, 0.3) is 10.2 Å². The second kappa shape index (κ2) is 7.46. The van der Waals surface area contributed by atoms with Crippen molar-refractivity contribution < 1.29 is 8.42 Å². The number of fused-ring (bicyclic) bond motifs is 1. The number of aryl methyl sites for hydroxylation is 3. The van der Waals surface area contributed by atoms with Gasteiger partial charge in [0, 0.05) is 12.1 Å². The summed E-state index contributed by atoms with van der Waals surface area (Å²) < 4.78 is 31.1. The SMILES string of the molecule is Cc1cc(C)c(C(C)NS(=O)(=O)c2ccc3c(c2)sc(=O)n3C(C)C)cc1C. The van der Waals surface area contributed by atoms with Gasteiger partial charge in [-0.1, -0.05) is 23.5 Å². The molecule has 0 aliphatic carbocycles. The standard InChI is InChI=1S/C21H26N2O3S2/c1-12(2)23-19-8-7-17(11-20(19)27-21(23)24)28(25,26)22-16(6)18-10-14(4)13(3)9-15(18)5/h7-12,16,22H,1-6H3. The predicted molar refractivity (Wildman–Crippen MR) is 116 cm³/mol. The van der Waals surface area contributed by atoms with Crippen molar-refractivity contribution in [1.29, 1.82) is 0 Å². The van der Waals surface area contributed by atoms with Crippen LogP contribution in [0.3, 0.4) is 0 Å². The van der Waals surface area contributed by atoms with Gasteiger partial charge in [-0.15, -0.1) is 0 Å². The van der Waals surface area contributed by atoms with Crippen molar-refractivity contribution in [1.82, 2.24) is 9.29 Å². The zero-order chi connectivity index (χ0) is 20.8. The molecule has 0 amide bonds. The lowest BCUT2D eigenvalue weighted by Crippen LogP contribution is -2.27. The molecule has 7 heteroatoms. The average molecular weight is 419 g/mol. The Bertz CT molecular complexity index is 1200. The second-order valence-corrected chi connectivity index (χ2v) is 10.3. The molecule has 28 heavy (non-hydrogen) atoms. The number of hydrogen-bond donors (Lipinski definition) is 1. The van der Waals surface area contributed by atoms with Crippen molar-refractivity contribution in [2.75, 3.05) is 0 Å². The van der Waals surface area contributed by atoms with Crippen LogP contribution >= 0.6 is 11.3 Å². The quantitative estimate of drug-likeness (QED) is 0.658. The second-order valence-electron chi connectivity index (χ2n) is 7.60. The molecule has 0 spiro atoms. The molecule has 1 unspecified atom stereocenters. The van der Waals surface area contributed by atoms with Gasteiger partial charge < -0.3 is 0 Å². The molecule has 1 heterocycles. The van der Waals surface area contributed by atoms with E-state index in [-0.39, 0.29) is 21.9 Å². The van der Waals surface area contributed by atoms with E-state index in [0.717, 1.165) is 33.5 Å². The highest BCUT2D eigenvalue weighted by atomic mass is 32.2. The van der Waals surface area contributed by atoms with Crippen LogP contribution in [0.2, 0.25) is 0 Å². The molecular weight excluding hydrogens is 392 g/mol. The fraction of sp³-hybridized carbons (Fsp3) is 0.381. The van der Waals surface area contributed by atoms with Gasteiger partial charge in [0.25, 0.3) is 0 Å². The van der Waals surface area contributed by atoms with Crippen molar-refractivity contribution in [2.24, 2.45) is 0 Å². The lowest BCUT2D eigenvalue weighted by Gasteiger charge is -2.18. The van der Waals surface area contributed by atoms with Gasteiger partial charge >= 0.3 is 4.87 Å². The number of thiazole rings is 1. The van der Waals surface area contributed by atoms with E-state index in [1.807, 2.05) is 47.6 Å². The maximum atomic E-state index is 13.0. The normalized spacial score (nSPS) is 13.4. The highest BCUT2D eigenvalue weighted by Crippen LogP contribution is 2.26. The molecule has 0 aliphatic rings. The Labute approximate surface area is 170 Å². The molecule has 2 aromatic carbocycles. The Hall–Kier alpha value is -1.96. The number of sulfonamides is 1. The molecule has 3 rings (SSSR count). The lowest BCUT2D eigenvalue weighted by atomic mass is 9.97. The molecule has 0 bridgehead atoms. The molecule has 1 aromatic heterocycles. The minimum Gasteiger partial charge on any atom is -0.296 e. The van der Waals surface area contributed by atoms with Crippen molar-refractivity contribution in [3.63, 3.8) is 0 Å². The van der Waals surface area contributed by atoms with Crippen LogP contribution in [-0.4, -0.2) is 13.0 Å². The van der Waals surface area contributed by atoms with Gasteiger partial charge in [0.05, 0.1) is 15.1 Å². The lowest BCUT2D eigenvalue weighted by molar-refractivity contribution is 0.566. The molecule has 0 fully saturated rings. The number of hydrogen-bond acceptors (Lipinski definition) is 4. The van der Waals surface area contributed by atoms with Crippen LogP contribution in [0.5, 0.6) is 0 Å². The number of rotatable bonds is 5. The van der Waals surface area contributed by atoms with Crippen LogP contribution in [0.4, 0.5) is 0 Å². The van der Waals surface area contributed by atoms with Crippen LogP contribution < -0.4 is 9.60 Å². The van der Waals surface area contributed by atoms with Gasteiger partial charge in [-0.05, 0) is 82.0 Å². The number of aromatic nitrogens is 1. The van der Waals surface area contributed by atoms with E-state index in [2.05, 4.69) is 10.8 Å². The molecule has 1 N–H and O–H groups in total. The highest BCUT2D eigenvalue weighted by molar-refractivity contribution is 7.89. The van der Waals surface area contributed by atoms with Crippen LogP contribution in [-0.2, 0) is 10.0 Å². The Balaban J connectivity index is 1.97. The van der Waals surface area contributed by atoms with Crippen molar-refractivity contribution in [3.8, 4) is 0 Å². The molecule has 0 radical (unpaired) electrons. The first-order valence-electron chi connectivity index (χ1n) is 9.26. The molecule has 0 aliphatic heterocycles. The third-order valence-corrected chi connectivity index (χ3v) is 7.55. The summed E-state index contributed by atoms with van der Waals surface area (Å²) in [5, 5.41) is 0. The first kappa shape index (κ1) is 20.8. The number of nitrogens with zero attached hydrogens (tertiary/aromatic N) is 1. The monoisotopic (exact) mass is 418 g/mol. The Morgan fingerprint density at radius 1 is 0.964 bits per heavy atom. The molecular formula is C21H26N2O3S2. The molecule has 5 nitrogen and oxygen atoms in total. The Morgan fingerprint density at radius 3 is 2.25 bits per heavy atom. The summed E-state index contributed by atoms with van der Waals surface area (Å²) in [4.78, 5) is 12.3. The van der Waals surface area contributed by atoms with E-state index < -0.39 is 10.0 Å². The fourth-order valence-electron chi connectivity index (χ4n) is 3.49. The summed E-state index contributed by atoms with van der Waals surface area (Å²) in [5.74, 6) is 0. The van der Waals surface area contributed by atoms with E-state index >= 15 is 0 Å². The van der Waals surface area contributed by atoms with Crippen LogP contribution in [0.15, 0.2) is 40.0 Å². The topological polar surface area (TPSA) is 68.2 Å². The van der Waals surface area contributed by atoms with Gasteiger partial charge in [-0.2, -0.15) is 0 Å². The van der Waals surface area contributed by atoms with E-state index in [1.54, 1.807) is 22.8 Å². The van der Waals surface area contributed by atoms with Crippen LogP contribution in [0.1, 0.15) is 55.1 Å². The minimum atomic E-state index is -3.72. The molecule has 150 valence electrons. The zero-order valence-corrected chi connectivity index (χ0v) is 18.7. The van der Waals surface area contributed by atoms with E-state index in [4.69, 9.17) is 0 Å². The van der Waals surface area contributed by atoms with Gasteiger partial charge in [0.2, 0.25) is 10.0 Å². The Kier molecular flexibility index (Phi) is 5.53.